The van der Waals surface area contributed by atoms with Crippen LogP contribution in [0.2, 0.25) is 0 Å². The molecular formula is C12H15NO. The van der Waals surface area contributed by atoms with E-state index < -0.39 is 0 Å². The van der Waals surface area contributed by atoms with Crippen molar-refractivity contribution in [2.75, 3.05) is 18.0 Å². The summed E-state index contributed by atoms with van der Waals surface area (Å²) in [5.74, 6) is 0.980. The zero-order valence-electron chi connectivity index (χ0n) is 8.44. The highest BCUT2D eigenvalue weighted by atomic mass is 16.5. The second-order valence-electron chi connectivity index (χ2n) is 3.59. The maximum Gasteiger partial charge on any atom is 0.143 e. The van der Waals surface area contributed by atoms with Crippen LogP contribution in [0.25, 0.3) is 0 Å². The molecule has 1 heterocycles. The van der Waals surface area contributed by atoms with Crippen LogP contribution in [0.1, 0.15) is 6.92 Å². The Kier molecular flexibility index (Phi) is 2.44. The van der Waals surface area contributed by atoms with Crippen molar-refractivity contribution in [3.05, 3.63) is 36.9 Å². The Morgan fingerprint density at radius 1 is 1.57 bits per heavy atom. The minimum atomic E-state index is 0.254. The first kappa shape index (κ1) is 9.13. The van der Waals surface area contributed by atoms with E-state index in [1.807, 2.05) is 24.3 Å². The Hall–Kier alpha value is -1.44. The summed E-state index contributed by atoms with van der Waals surface area (Å²) in [6.07, 6.45) is 2.18. The van der Waals surface area contributed by atoms with Gasteiger partial charge in [-0.25, -0.2) is 0 Å². The van der Waals surface area contributed by atoms with Gasteiger partial charge in [0.05, 0.1) is 12.2 Å². The van der Waals surface area contributed by atoms with Crippen LogP contribution in [0.3, 0.4) is 0 Å². The van der Waals surface area contributed by atoms with Crippen molar-refractivity contribution in [3.8, 4) is 5.75 Å². The number of hydrogen-bond acceptors (Lipinski definition) is 2. The summed E-state index contributed by atoms with van der Waals surface area (Å²) in [7, 11) is 0. The van der Waals surface area contributed by atoms with E-state index in [1.165, 1.54) is 5.69 Å². The van der Waals surface area contributed by atoms with Crippen LogP contribution in [0.4, 0.5) is 5.69 Å². The van der Waals surface area contributed by atoms with Crippen molar-refractivity contribution in [2.24, 2.45) is 0 Å². The van der Waals surface area contributed by atoms with E-state index in [4.69, 9.17) is 4.74 Å². The van der Waals surface area contributed by atoms with Gasteiger partial charge in [0.1, 0.15) is 11.9 Å². The average Bonchev–Trinajstić information content (AvgIpc) is 2.18. The van der Waals surface area contributed by atoms with Gasteiger partial charge in [-0.2, -0.15) is 0 Å². The van der Waals surface area contributed by atoms with Gasteiger partial charge >= 0.3 is 0 Å². The van der Waals surface area contributed by atoms with Crippen molar-refractivity contribution in [1.29, 1.82) is 0 Å². The van der Waals surface area contributed by atoms with Gasteiger partial charge < -0.3 is 9.64 Å². The summed E-state index contributed by atoms with van der Waals surface area (Å²) in [5, 5.41) is 0. The highest BCUT2D eigenvalue weighted by molar-refractivity contribution is 5.60. The Labute approximate surface area is 84.8 Å². The second kappa shape index (κ2) is 3.74. The van der Waals surface area contributed by atoms with Gasteiger partial charge in [0, 0.05) is 6.54 Å². The number of fused-ring (bicyclic) bond motifs is 1. The summed E-state index contributed by atoms with van der Waals surface area (Å²) in [6, 6.07) is 8.14. The normalized spacial score (nSPS) is 19.8. The Morgan fingerprint density at radius 3 is 3.14 bits per heavy atom. The van der Waals surface area contributed by atoms with E-state index in [0.717, 1.165) is 18.8 Å². The molecule has 0 spiro atoms. The summed E-state index contributed by atoms with van der Waals surface area (Å²) in [6.45, 7) is 7.67. The van der Waals surface area contributed by atoms with Crippen LogP contribution in [-0.2, 0) is 0 Å². The largest absolute Gasteiger partial charge is 0.487 e. The van der Waals surface area contributed by atoms with Crippen molar-refractivity contribution < 1.29 is 4.74 Å². The average molecular weight is 189 g/mol. The van der Waals surface area contributed by atoms with E-state index >= 15 is 0 Å². The number of hydrogen-bond donors (Lipinski definition) is 0. The molecule has 0 fully saturated rings. The van der Waals surface area contributed by atoms with Crippen molar-refractivity contribution >= 4 is 5.69 Å². The Bertz CT molecular complexity index is 335. The van der Waals surface area contributed by atoms with Gasteiger partial charge in [0.2, 0.25) is 0 Å². The standard InChI is InChI=1S/C12H15NO/c1-3-8-13-9-10(2)14-12-7-5-4-6-11(12)13/h3-7,10H,1,8-9H2,2H3. The second-order valence-corrected chi connectivity index (χ2v) is 3.59. The summed E-state index contributed by atoms with van der Waals surface area (Å²) in [5.41, 5.74) is 1.17. The number of rotatable bonds is 2. The molecule has 0 N–H and O–H groups in total. The molecule has 1 aromatic carbocycles. The molecule has 0 radical (unpaired) electrons. The van der Waals surface area contributed by atoms with Crippen LogP contribution in [0.5, 0.6) is 5.75 Å². The number of para-hydroxylation sites is 2. The van der Waals surface area contributed by atoms with E-state index in [2.05, 4.69) is 24.5 Å². The zero-order valence-corrected chi connectivity index (χ0v) is 8.44. The fourth-order valence-electron chi connectivity index (χ4n) is 1.81. The minimum absolute atomic E-state index is 0.254. The van der Waals surface area contributed by atoms with Crippen molar-refractivity contribution in [3.63, 3.8) is 0 Å². The predicted octanol–water partition coefficient (Wildman–Crippen LogP) is 2.46. The molecule has 74 valence electrons. The molecule has 0 saturated heterocycles. The monoisotopic (exact) mass is 189 g/mol. The molecule has 0 amide bonds. The van der Waals surface area contributed by atoms with Crippen molar-refractivity contribution in [1.82, 2.24) is 0 Å². The van der Waals surface area contributed by atoms with E-state index in [1.54, 1.807) is 0 Å². The molecule has 1 atom stereocenters. The van der Waals surface area contributed by atoms with Crippen LogP contribution in [0, 0.1) is 0 Å². The summed E-state index contributed by atoms with van der Waals surface area (Å²) in [4.78, 5) is 2.29. The molecule has 2 nitrogen and oxygen atoms in total. The highest BCUT2D eigenvalue weighted by Gasteiger charge is 2.20. The maximum absolute atomic E-state index is 5.73. The topological polar surface area (TPSA) is 12.5 Å². The third-order valence-electron chi connectivity index (χ3n) is 2.36. The maximum atomic E-state index is 5.73. The molecule has 2 heteroatoms. The van der Waals surface area contributed by atoms with Crippen molar-refractivity contribution in [2.45, 2.75) is 13.0 Å². The van der Waals surface area contributed by atoms with Crippen LogP contribution in [-0.4, -0.2) is 19.2 Å². The van der Waals surface area contributed by atoms with Crippen LogP contribution >= 0.6 is 0 Å². The fraction of sp³-hybridized carbons (Fsp3) is 0.333. The molecule has 0 bridgehead atoms. The lowest BCUT2D eigenvalue weighted by Gasteiger charge is -2.34. The molecule has 1 aliphatic heterocycles. The Balaban J connectivity index is 2.33. The zero-order chi connectivity index (χ0) is 9.97. The number of anilines is 1. The van der Waals surface area contributed by atoms with Crippen LogP contribution < -0.4 is 9.64 Å². The Morgan fingerprint density at radius 2 is 2.36 bits per heavy atom. The third kappa shape index (κ3) is 1.60. The predicted molar refractivity (Wildman–Crippen MR) is 58.9 cm³/mol. The molecule has 1 aliphatic rings. The van der Waals surface area contributed by atoms with E-state index in [9.17, 15) is 0 Å². The molecule has 1 unspecified atom stereocenters. The van der Waals surface area contributed by atoms with Gasteiger partial charge in [-0.05, 0) is 19.1 Å². The van der Waals surface area contributed by atoms with E-state index in [-0.39, 0.29) is 6.10 Å². The molecule has 0 aromatic heterocycles. The number of ether oxygens (including phenoxy) is 1. The van der Waals surface area contributed by atoms with Gasteiger partial charge in [-0.3, -0.25) is 0 Å². The minimum Gasteiger partial charge on any atom is -0.487 e. The van der Waals surface area contributed by atoms with Crippen LogP contribution in [0.15, 0.2) is 36.9 Å². The molecule has 14 heavy (non-hydrogen) atoms. The lowest BCUT2D eigenvalue weighted by atomic mass is 10.2. The smallest absolute Gasteiger partial charge is 0.143 e. The lowest BCUT2D eigenvalue weighted by Crippen LogP contribution is -2.38. The number of nitrogens with zero attached hydrogens (tertiary/aromatic N) is 1. The molecule has 0 saturated carbocycles. The summed E-state index contributed by atoms with van der Waals surface area (Å²) < 4.78 is 5.73. The molecule has 1 aromatic rings. The molecule has 2 rings (SSSR count). The number of benzene rings is 1. The highest BCUT2D eigenvalue weighted by Crippen LogP contribution is 2.32. The third-order valence-corrected chi connectivity index (χ3v) is 2.36. The first-order chi connectivity index (χ1) is 6.81. The van der Waals surface area contributed by atoms with E-state index in [0.29, 0.717) is 0 Å². The van der Waals surface area contributed by atoms with Gasteiger partial charge in [-0.1, -0.05) is 18.2 Å². The molecular weight excluding hydrogens is 174 g/mol. The van der Waals surface area contributed by atoms with Gasteiger partial charge in [0.25, 0.3) is 0 Å². The lowest BCUT2D eigenvalue weighted by molar-refractivity contribution is 0.214. The molecule has 0 aliphatic carbocycles. The van der Waals surface area contributed by atoms with Gasteiger partial charge in [-0.15, -0.1) is 6.58 Å². The van der Waals surface area contributed by atoms with Gasteiger partial charge in [0.15, 0.2) is 0 Å². The quantitative estimate of drug-likeness (QED) is 0.663. The first-order valence-corrected chi connectivity index (χ1v) is 4.93. The fourth-order valence-corrected chi connectivity index (χ4v) is 1.81. The summed E-state index contributed by atoms with van der Waals surface area (Å²) >= 11 is 0. The first-order valence-electron chi connectivity index (χ1n) is 4.93. The SMILES string of the molecule is C=CCN1CC(C)Oc2ccccc21.